The number of urea groups is 1. The summed E-state index contributed by atoms with van der Waals surface area (Å²) < 4.78 is 27.5. The fraction of sp³-hybridized carbons (Fsp3) is 0.476. The van der Waals surface area contributed by atoms with E-state index in [9.17, 15) is 24.0 Å². The molecule has 0 aliphatic carbocycles. The zero-order valence-corrected chi connectivity index (χ0v) is 21.0. The van der Waals surface area contributed by atoms with Gasteiger partial charge in [0.1, 0.15) is 12.7 Å². The molecule has 0 bridgehead atoms. The second-order valence-electron chi connectivity index (χ2n) is 7.20. The van der Waals surface area contributed by atoms with Crippen molar-refractivity contribution in [1.82, 2.24) is 5.32 Å². The van der Waals surface area contributed by atoms with Gasteiger partial charge < -0.3 is 34.3 Å². The van der Waals surface area contributed by atoms with Crippen LogP contribution < -0.4 is 10.6 Å². The first-order valence-electron chi connectivity index (χ1n) is 10.1. The van der Waals surface area contributed by atoms with Gasteiger partial charge in [-0.25, -0.2) is 4.79 Å². The lowest BCUT2D eigenvalue weighted by Crippen LogP contribution is -2.66. The van der Waals surface area contributed by atoms with Crippen molar-refractivity contribution in [3.05, 3.63) is 27.8 Å². The highest BCUT2D eigenvalue weighted by Crippen LogP contribution is 2.28. The molecule has 3 unspecified atom stereocenters. The van der Waals surface area contributed by atoms with Crippen LogP contribution in [0.2, 0.25) is 0 Å². The molecule has 186 valence electrons. The molecule has 0 aromatic heterocycles. The summed E-state index contributed by atoms with van der Waals surface area (Å²) in [6.45, 7) is 4.11. The minimum atomic E-state index is -1.39. The molecular formula is C21H25IN2O10. The average Bonchev–Trinajstić information content (AvgIpc) is 2.71. The van der Waals surface area contributed by atoms with Crippen LogP contribution in [0, 0.1) is 3.57 Å². The number of halogens is 1. The third-order valence-electron chi connectivity index (χ3n) is 4.39. The van der Waals surface area contributed by atoms with Crippen LogP contribution in [0.15, 0.2) is 24.3 Å². The van der Waals surface area contributed by atoms with Gasteiger partial charge in [-0.2, -0.15) is 0 Å². The maximum absolute atomic E-state index is 12.7. The van der Waals surface area contributed by atoms with E-state index in [1.807, 2.05) is 22.6 Å². The van der Waals surface area contributed by atoms with E-state index < -0.39 is 67.2 Å². The number of nitrogens with one attached hydrogen (secondary N) is 2. The highest BCUT2D eigenvalue weighted by atomic mass is 127. The zero-order chi connectivity index (χ0) is 25.4. The van der Waals surface area contributed by atoms with E-state index in [2.05, 4.69) is 10.6 Å². The van der Waals surface area contributed by atoms with E-state index in [-0.39, 0.29) is 0 Å². The van der Waals surface area contributed by atoms with Crippen LogP contribution in [0.1, 0.15) is 27.7 Å². The lowest BCUT2D eigenvalue weighted by molar-refractivity contribution is -0.255. The summed E-state index contributed by atoms with van der Waals surface area (Å²) in [7, 11) is 0. The van der Waals surface area contributed by atoms with Crippen molar-refractivity contribution < 1.29 is 47.7 Å². The van der Waals surface area contributed by atoms with E-state index in [0.717, 1.165) is 24.3 Å². The Kier molecular flexibility index (Phi) is 10.0. The number of carbonyl (C=O) groups is 5. The molecule has 1 saturated heterocycles. The second-order valence-corrected chi connectivity index (χ2v) is 8.36. The van der Waals surface area contributed by atoms with Crippen molar-refractivity contribution >= 4 is 58.2 Å². The predicted molar refractivity (Wildman–Crippen MR) is 123 cm³/mol. The van der Waals surface area contributed by atoms with Crippen molar-refractivity contribution in [2.75, 3.05) is 11.9 Å². The van der Waals surface area contributed by atoms with Gasteiger partial charge in [0.15, 0.2) is 24.5 Å². The molecule has 12 nitrogen and oxygen atoms in total. The third-order valence-corrected chi connectivity index (χ3v) is 5.33. The second kappa shape index (κ2) is 12.5. The first kappa shape index (κ1) is 27.3. The first-order valence-corrected chi connectivity index (χ1v) is 11.2. The molecule has 13 heteroatoms. The molecule has 1 aromatic rings. The molecule has 34 heavy (non-hydrogen) atoms. The average molecular weight is 592 g/mol. The summed E-state index contributed by atoms with van der Waals surface area (Å²) >= 11 is 2.04. The number of rotatable bonds is 7. The van der Waals surface area contributed by atoms with Gasteiger partial charge in [-0.1, -0.05) is 12.1 Å². The van der Waals surface area contributed by atoms with Crippen molar-refractivity contribution in [3.63, 3.8) is 0 Å². The van der Waals surface area contributed by atoms with Crippen molar-refractivity contribution in [2.24, 2.45) is 0 Å². The number of para-hydroxylation sites is 1. The molecular weight excluding hydrogens is 567 g/mol. The van der Waals surface area contributed by atoms with Crippen LogP contribution in [-0.4, -0.2) is 67.2 Å². The molecule has 1 fully saturated rings. The van der Waals surface area contributed by atoms with E-state index in [0.29, 0.717) is 5.69 Å². The number of anilines is 1. The number of ether oxygens (including phenoxy) is 5. The summed E-state index contributed by atoms with van der Waals surface area (Å²) in [6, 6.07) is 6.26. The fourth-order valence-corrected chi connectivity index (χ4v) is 3.72. The largest absolute Gasteiger partial charge is 0.463 e. The number of esters is 4. The van der Waals surface area contributed by atoms with Gasteiger partial charge >= 0.3 is 29.9 Å². The van der Waals surface area contributed by atoms with Gasteiger partial charge in [0, 0.05) is 31.3 Å². The molecule has 0 saturated carbocycles. The SMILES string of the molecule is CC(=O)OCC1O[C@@H](NC(=O)Nc2ccccc2I)C(OC(C)=O)C(OC(C)=O)[C@H]1OC(C)=O. The fourth-order valence-electron chi connectivity index (χ4n) is 3.19. The summed E-state index contributed by atoms with van der Waals surface area (Å²) in [5.41, 5.74) is 0.506. The van der Waals surface area contributed by atoms with Crippen LogP contribution in [0.3, 0.4) is 0 Å². The van der Waals surface area contributed by atoms with E-state index in [4.69, 9.17) is 23.7 Å². The lowest BCUT2D eigenvalue weighted by Gasteiger charge is -2.44. The molecule has 0 spiro atoms. The number of carbonyl (C=O) groups excluding carboxylic acids is 5. The Balaban J connectivity index is 2.37. The number of hydrogen-bond donors (Lipinski definition) is 2. The molecule has 1 aliphatic heterocycles. The Labute approximate surface area is 209 Å². The molecule has 0 radical (unpaired) electrons. The molecule has 1 heterocycles. The zero-order valence-electron chi connectivity index (χ0n) is 18.9. The third kappa shape index (κ3) is 8.13. The topological polar surface area (TPSA) is 156 Å². The van der Waals surface area contributed by atoms with E-state index >= 15 is 0 Å². The minimum absolute atomic E-state index is 0.395. The van der Waals surface area contributed by atoms with Gasteiger partial charge in [-0.15, -0.1) is 0 Å². The molecule has 1 aromatic carbocycles. The molecule has 2 N–H and O–H groups in total. The Morgan fingerprint density at radius 3 is 1.97 bits per heavy atom. The highest BCUT2D eigenvalue weighted by Gasteiger charge is 2.52. The van der Waals surface area contributed by atoms with Gasteiger partial charge in [0.25, 0.3) is 0 Å². The maximum atomic E-state index is 12.7. The van der Waals surface area contributed by atoms with Crippen molar-refractivity contribution in [2.45, 2.75) is 58.3 Å². The van der Waals surface area contributed by atoms with Crippen molar-refractivity contribution in [1.29, 1.82) is 0 Å². The Bertz CT molecular complexity index is 940. The molecule has 5 atom stereocenters. The Morgan fingerprint density at radius 2 is 1.41 bits per heavy atom. The lowest BCUT2D eigenvalue weighted by atomic mass is 9.97. The minimum Gasteiger partial charge on any atom is -0.463 e. The van der Waals surface area contributed by atoms with Gasteiger partial charge in [-0.05, 0) is 34.7 Å². The van der Waals surface area contributed by atoms with Gasteiger partial charge in [0.05, 0.1) is 5.69 Å². The van der Waals surface area contributed by atoms with E-state index in [1.165, 1.54) is 6.92 Å². The normalized spacial score (nSPS) is 23.7. The highest BCUT2D eigenvalue weighted by molar-refractivity contribution is 14.1. The predicted octanol–water partition coefficient (Wildman–Crippen LogP) is 1.50. The van der Waals surface area contributed by atoms with Crippen LogP contribution in [0.4, 0.5) is 10.5 Å². The maximum Gasteiger partial charge on any atom is 0.321 e. The summed E-state index contributed by atoms with van der Waals surface area (Å²) in [4.78, 5) is 59.4. The summed E-state index contributed by atoms with van der Waals surface area (Å²) in [5.74, 6) is -2.93. The van der Waals surface area contributed by atoms with Crippen LogP contribution in [0.25, 0.3) is 0 Å². The number of hydrogen-bond acceptors (Lipinski definition) is 10. The summed E-state index contributed by atoms with van der Waals surface area (Å²) in [5, 5.41) is 5.16. The standard InChI is InChI=1S/C21H25IN2O10/c1-10(25)30-9-16-17(31-11(2)26)18(32-12(3)27)19(33-13(4)28)20(34-16)24-21(29)23-15-8-6-5-7-14(15)22/h5-8,16-20H,9H2,1-4H3,(H2,23,24,29)/t16?,17-,18?,19?,20+/m0/s1. The number of amides is 2. The van der Waals surface area contributed by atoms with Crippen LogP contribution in [-0.2, 0) is 42.9 Å². The molecule has 2 amide bonds. The number of benzene rings is 1. The quantitative estimate of drug-likeness (QED) is 0.270. The monoisotopic (exact) mass is 592 g/mol. The first-order chi connectivity index (χ1) is 16.0. The Morgan fingerprint density at radius 1 is 0.853 bits per heavy atom. The molecule has 1 aliphatic rings. The smallest absolute Gasteiger partial charge is 0.321 e. The van der Waals surface area contributed by atoms with Gasteiger partial charge in [-0.3, -0.25) is 19.2 Å². The summed E-state index contributed by atoms with van der Waals surface area (Å²) in [6.07, 6.45) is -6.59. The molecule has 2 rings (SSSR count). The Hall–Kier alpha value is -2.94. The van der Waals surface area contributed by atoms with E-state index in [1.54, 1.807) is 24.3 Å². The van der Waals surface area contributed by atoms with Crippen molar-refractivity contribution in [3.8, 4) is 0 Å². The van der Waals surface area contributed by atoms with Gasteiger partial charge in [0.2, 0.25) is 0 Å². The van der Waals surface area contributed by atoms with Crippen LogP contribution in [0.5, 0.6) is 0 Å². The van der Waals surface area contributed by atoms with Crippen LogP contribution >= 0.6 is 22.6 Å².